The molecule has 0 spiro atoms. The Morgan fingerprint density at radius 3 is 2.36 bits per heavy atom. The highest BCUT2D eigenvalue weighted by Crippen LogP contribution is 2.27. The minimum absolute atomic E-state index is 0.405. The number of thiocarbonyl (C=S) groups is 2. The SMILES string of the molecule is Cc1cc(C)c(NC(=S)NNC(=S)NCCC(C)C)c(Cl)c1. The number of hydrogen-bond donors (Lipinski definition) is 4. The maximum Gasteiger partial charge on any atom is 0.189 e. The molecule has 0 saturated heterocycles. The van der Waals surface area contributed by atoms with E-state index in [9.17, 15) is 0 Å². The normalized spacial score (nSPS) is 10.3. The summed E-state index contributed by atoms with van der Waals surface area (Å²) in [5, 5.41) is 7.74. The van der Waals surface area contributed by atoms with Gasteiger partial charge in [-0.15, -0.1) is 0 Å². The summed E-state index contributed by atoms with van der Waals surface area (Å²) < 4.78 is 0. The van der Waals surface area contributed by atoms with Crippen LogP contribution in [0.5, 0.6) is 0 Å². The molecule has 7 heteroatoms. The van der Waals surface area contributed by atoms with E-state index in [1.54, 1.807) is 0 Å². The van der Waals surface area contributed by atoms with Gasteiger partial charge in [-0.25, -0.2) is 0 Å². The maximum atomic E-state index is 6.23. The van der Waals surface area contributed by atoms with Crippen LogP contribution in [-0.4, -0.2) is 16.8 Å². The molecule has 4 nitrogen and oxygen atoms in total. The Balaban J connectivity index is 2.42. The number of rotatable bonds is 4. The first-order chi connectivity index (χ1) is 10.3. The third-order valence-electron chi connectivity index (χ3n) is 2.97. The lowest BCUT2D eigenvalue weighted by Gasteiger charge is -2.16. The number of aryl methyl sites for hydroxylation is 2. The van der Waals surface area contributed by atoms with Gasteiger partial charge in [-0.3, -0.25) is 10.9 Å². The summed E-state index contributed by atoms with van der Waals surface area (Å²) >= 11 is 16.6. The van der Waals surface area contributed by atoms with Crippen molar-refractivity contribution in [3.8, 4) is 0 Å². The highest BCUT2D eigenvalue weighted by atomic mass is 35.5. The topological polar surface area (TPSA) is 48.1 Å². The van der Waals surface area contributed by atoms with Gasteiger partial charge in [-0.2, -0.15) is 0 Å². The van der Waals surface area contributed by atoms with Crippen LogP contribution in [0.4, 0.5) is 5.69 Å². The van der Waals surface area contributed by atoms with Crippen LogP contribution < -0.4 is 21.5 Å². The molecule has 1 rings (SSSR count). The van der Waals surface area contributed by atoms with Crippen molar-refractivity contribution < 1.29 is 0 Å². The summed E-state index contributed by atoms with van der Waals surface area (Å²) in [6.45, 7) is 9.15. The Morgan fingerprint density at radius 1 is 1.14 bits per heavy atom. The second kappa shape index (κ2) is 9.12. The van der Waals surface area contributed by atoms with Gasteiger partial charge < -0.3 is 10.6 Å². The molecule has 0 heterocycles. The van der Waals surface area contributed by atoms with Crippen molar-refractivity contribution in [2.45, 2.75) is 34.1 Å². The van der Waals surface area contributed by atoms with E-state index in [1.807, 2.05) is 26.0 Å². The van der Waals surface area contributed by atoms with Gasteiger partial charge in [-0.05, 0) is 67.8 Å². The number of nitrogens with one attached hydrogen (secondary N) is 4. The van der Waals surface area contributed by atoms with Crippen LogP contribution in [0.15, 0.2) is 12.1 Å². The van der Waals surface area contributed by atoms with Gasteiger partial charge >= 0.3 is 0 Å². The Morgan fingerprint density at radius 2 is 1.77 bits per heavy atom. The third-order valence-corrected chi connectivity index (χ3v) is 3.72. The molecule has 0 aromatic heterocycles. The van der Waals surface area contributed by atoms with E-state index in [1.165, 1.54) is 0 Å². The van der Waals surface area contributed by atoms with E-state index in [0.29, 0.717) is 21.2 Å². The number of hydrogen-bond acceptors (Lipinski definition) is 2. The minimum Gasteiger partial charge on any atom is -0.361 e. The monoisotopic (exact) mass is 358 g/mol. The molecule has 1 aromatic rings. The lowest BCUT2D eigenvalue weighted by atomic mass is 10.1. The van der Waals surface area contributed by atoms with Crippen molar-refractivity contribution >= 4 is 51.9 Å². The Bertz CT molecular complexity index is 523. The summed E-state index contributed by atoms with van der Waals surface area (Å²) in [5.74, 6) is 0.637. The van der Waals surface area contributed by atoms with E-state index in [4.69, 9.17) is 36.0 Å². The van der Waals surface area contributed by atoms with Gasteiger partial charge in [0, 0.05) is 6.54 Å². The molecule has 122 valence electrons. The van der Waals surface area contributed by atoms with Crippen molar-refractivity contribution in [1.82, 2.24) is 16.2 Å². The fourth-order valence-corrected chi connectivity index (χ4v) is 2.53. The van der Waals surface area contributed by atoms with Crippen molar-refractivity contribution in [2.24, 2.45) is 5.92 Å². The van der Waals surface area contributed by atoms with E-state index in [0.717, 1.165) is 29.8 Å². The molecule has 0 unspecified atom stereocenters. The molecule has 0 radical (unpaired) electrons. The lowest BCUT2D eigenvalue weighted by Crippen LogP contribution is -2.48. The second-order valence-electron chi connectivity index (χ2n) is 5.58. The predicted octanol–water partition coefficient (Wildman–Crippen LogP) is 3.67. The number of halogens is 1. The first-order valence-corrected chi connectivity index (χ1v) is 8.36. The molecule has 0 aliphatic carbocycles. The van der Waals surface area contributed by atoms with E-state index < -0.39 is 0 Å². The summed E-state index contributed by atoms with van der Waals surface area (Å²) in [4.78, 5) is 0. The molecule has 0 aliphatic heterocycles. The number of benzene rings is 1. The van der Waals surface area contributed by atoms with Crippen LogP contribution in [0.3, 0.4) is 0 Å². The molecular weight excluding hydrogens is 336 g/mol. The highest BCUT2D eigenvalue weighted by molar-refractivity contribution is 7.80. The van der Waals surface area contributed by atoms with Crippen LogP contribution in [0.2, 0.25) is 5.02 Å². The molecule has 22 heavy (non-hydrogen) atoms. The van der Waals surface area contributed by atoms with Crippen LogP contribution in [0, 0.1) is 19.8 Å². The van der Waals surface area contributed by atoms with Crippen LogP contribution in [-0.2, 0) is 0 Å². The fraction of sp³-hybridized carbons (Fsp3) is 0.467. The molecule has 4 N–H and O–H groups in total. The van der Waals surface area contributed by atoms with Crippen molar-refractivity contribution in [3.63, 3.8) is 0 Å². The van der Waals surface area contributed by atoms with E-state index >= 15 is 0 Å². The fourth-order valence-electron chi connectivity index (χ4n) is 1.85. The van der Waals surface area contributed by atoms with Crippen LogP contribution >= 0.6 is 36.0 Å². The average molecular weight is 359 g/mol. The molecule has 0 amide bonds. The number of anilines is 1. The molecule has 0 aliphatic rings. The van der Waals surface area contributed by atoms with Gasteiger partial charge in [0.1, 0.15) is 0 Å². The summed E-state index contributed by atoms with van der Waals surface area (Å²) in [6, 6.07) is 3.94. The van der Waals surface area contributed by atoms with Crippen LogP contribution in [0.25, 0.3) is 0 Å². The molecule has 0 bridgehead atoms. The zero-order valence-electron chi connectivity index (χ0n) is 13.3. The van der Waals surface area contributed by atoms with E-state index in [2.05, 4.69) is 35.3 Å². The third kappa shape index (κ3) is 6.77. The predicted molar refractivity (Wildman–Crippen MR) is 103 cm³/mol. The van der Waals surface area contributed by atoms with Gasteiger partial charge in [0.2, 0.25) is 0 Å². The van der Waals surface area contributed by atoms with Gasteiger partial charge in [0.05, 0.1) is 10.7 Å². The van der Waals surface area contributed by atoms with Crippen molar-refractivity contribution in [2.75, 3.05) is 11.9 Å². The van der Waals surface area contributed by atoms with Crippen molar-refractivity contribution in [3.05, 3.63) is 28.3 Å². The Hall–Kier alpha value is -1.11. The summed E-state index contributed by atoms with van der Waals surface area (Å²) in [6.07, 6.45) is 1.06. The zero-order valence-corrected chi connectivity index (χ0v) is 15.7. The van der Waals surface area contributed by atoms with Gasteiger partial charge in [0.25, 0.3) is 0 Å². The Labute approximate surface area is 148 Å². The summed E-state index contributed by atoms with van der Waals surface area (Å²) in [7, 11) is 0. The second-order valence-corrected chi connectivity index (χ2v) is 6.80. The highest BCUT2D eigenvalue weighted by Gasteiger charge is 2.07. The smallest absolute Gasteiger partial charge is 0.189 e. The van der Waals surface area contributed by atoms with Gasteiger partial charge in [-0.1, -0.05) is 31.5 Å². The minimum atomic E-state index is 0.405. The lowest BCUT2D eigenvalue weighted by molar-refractivity contribution is 0.575. The average Bonchev–Trinajstić information content (AvgIpc) is 2.40. The van der Waals surface area contributed by atoms with Crippen molar-refractivity contribution in [1.29, 1.82) is 0 Å². The zero-order chi connectivity index (χ0) is 16.7. The van der Waals surface area contributed by atoms with Crippen LogP contribution in [0.1, 0.15) is 31.4 Å². The molecule has 0 atom stereocenters. The maximum absolute atomic E-state index is 6.23. The Kier molecular flexibility index (Phi) is 7.85. The largest absolute Gasteiger partial charge is 0.361 e. The molecule has 0 fully saturated rings. The first-order valence-electron chi connectivity index (χ1n) is 7.17. The molecule has 1 aromatic carbocycles. The van der Waals surface area contributed by atoms with E-state index in [-0.39, 0.29) is 0 Å². The standard InChI is InChI=1S/C15H23ClN4S2/c1-9(2)5-6-17-14(21)19-20-15(22)18-13-11(4)7-10(3)8-12(13)16/h7-9H,5-6H2,1-4H3,(H2,17,19,21)(H2,18,20,22). The van der Waals surface area contributed by atoms with Gasteiger partial charge in [0.15, 0.2) is 10.2 Å². The molecule has 0 saturated carbocycles. The quantitative estimate of drug-likeness (QED) is 0.486. The first kappa shape index (κ1) is 18.9. The number of hydrazine groups is 1. The summed E-state index contributed by atoms with van der Waals surface area (Å²) in [5.41, 5.74) is 8.64. The molecular formula is C15H23ClN4S2.